The first kappa shape index (κ1) is 23.4. The van der Waals surface area contributed by atoms with Crippen molar-refractivity contribution in [3.63, 3.8) is 0 Å². The predicted octanol–water partition coefficient (Wildman–Crippen LogP) is 3.70. The molecule has 1 amide bonds. The number of carbonyl (C=O) groups excluding carboxylic acids is 1. The minimum Gasteiger partial charge on any atom is -0.352 e. The minimum absolute atomic E-state index is 0.0577. The number of hydrogen-bond acceptors (Lipinski definition) is 5. The quantitative estimate of drug-likeness (QED) is 0.663. The standard InChI is InChI=1S/C24H33N3O3S2/c1-19-10-13-26(14-11-19)17-21-7-3-2-6-20(21)16-25-24(28)22-8-4-12-27(18-22)32(29,30)23-9-5-15-31-23/h2-3,5-7,9,15,19,22H,4,8,10-14,16-18H2,1H3,(H,25,28). The fourth-order valence-electron chi connectivity index (χ4n) is 4.58. The normalized spacial score (nSPS) is 21.5. The molecule has 2 aliphatic heterocycles. The number of hydrogen-bond donors (Lipinski definition) is 1. The number of amides is 1. The Morgan fingerprint density at radius 3 is 2.53 bits per heavy atom. The van der Waals surface area contributed by atoms with Crippen molar-refractivity contribution >= 4 is 27.3 Å². The Labute approximate surface area is 195 Å². The topological polar surface area (TPSA) is 69.7 Å². The predicted molar refractivity (Wildman–Crippen MR) is 128 cm³/mol. The van der Waals surface area contributed by atoms with Gasteiger partial charge >= 0.3 is 0 Å². The Balaban J connectivity index is 1.35. The molecule has 0 saturated carbocycles. The highest BCUT2D eigenvalue weighted by Gasteiger charge is 2.33. The van der Waals surface area contributed by atoms with E-state index in [1.807, 2.05) is 6.07 Å². The summed E-state index contributed by atoms with van der Waals surface area (Å²) in [7, 11) is -3.51. The van der Waals surface area contributed by atoms with Crippen LogP contribution in [0, 0.1) is 11.8 Å². The number of piperidine rings is 2. The lowest BCUT2D eigenvalue weighted by molar-refractivity contribution is -0.126. The van der Waals surface area contributed by atoms with Gasteiger partial charge in [-0.25, -0.2) is 8.42 Å². The van der Waals surface area contributed by atoms with Gasteiger partial charge in [0.15, 0.2) is 0 Å². The highest BCUT2D eigenvalue weighted by Crippen LogP contribution is 2.26. The van der Waals surface area contributed by atoms with Gasteiger partial charge in [0.05, 0.1) is 5.92 Å². The minimum atomic E-state index is -3.51. The molecule has 2 saturated heterocycles. The molecule has 2 aliphatic rings. The molecule has 0 radical (unpaired) electrons. The second-order valence-corrected chi connectivity index (χ2v) is 12.2. The Kier molecular flexibility index (Phi) is 7.66. The molecule has 4 rings (SSSR count). The summed E-state index contributed by atoms with van der Waals surface area (Å²) in [6.45, 7) is 6.68. The maximum Gasteiger partial charge on any atom is 0.252 e. The van der Waals surface area contributed by atoms with Crippen molar-refractivity contribution < 1.29 is 13.2 Å². The average molecular weight is 476 g/mol. The van der Waals surface area contributed by atoms with Crippen molar-refractivity contribution in [3.8, 4) is 0 Å². The van der Waals surface area contributed by atoms with Crippen molar-refractivity contribution in [3.05, 3.63) is 52.9 Å². The van der Waals surface area contributed by atoms with E-state index in [-0.39, 0.29) is 18.4 Å². The number of likely N-dealkylation sites (tertiary alicyclic amines) is 1. The van der Waals surface area contributed by atoms with E-state index in [1.165, 1.54) is 34.0 Å². The molecule has 1 unspecified atom stereocenters. The molecule has 2 aromatic rings. The Morgan fingerprint density at radius 2 is 1.81 bits per heavy atom. The summed E-state index contributed by atoms with van der Waals surface area (Å²) in [6.07, 6.45) is 3.90. The molecular formula is C24H33N3O3S2. The van der Waals surface area contributed by atoms with E-state index < -0.39 is 10.0 Å². The van der Waals surface area contributed by atoms with Gasteiger partial charge in [-0.05, 0) is 67.3 Å². The monoisotopic (exact) mass is 475 g/mol. The zero-order chi connectivity index (χ0) is 22.6. The van der Waals surface area contributed by atoms with Crippen molar-refractivity contribution in [2.24, 2.45) is 11.8 Å². The van der Waals surface area contributed by atoms with Gasteiger partial charge in [-0.3, -0.25) is 9.69 Å². The summed E-state index contributed by atoms with van der Waals surface area (Å²) in [6, 6.07) is 11.7. The van der Waals surface area contributed by atoms with Crippen LogP contribution in [0.3, 0.4) is 0 Å². The van der Waals surface area contributed by atoms with Gasteiger partial charge in [0, 0.05) is 26.2 Å². The van der Waals surface area contributed by atoms with Crippen LogP contribution >= 0.6 is 11.3 Å². The SMILES string of the molecule is CC1CCN(Cc2ccccc2CNC(=O)C2CCCN(S(=O)(=O)c3cccs3)C2)CC1. The highest BCUT2D eigenvalue weighted by atomic mass is 32.2. The number of carbonyl (C=O) groups is 1. The molecule has 1 atom stereocenters. The molecule has 3 heterocycles. The van der Waals surface area contributed by atoms with Gasteiger partial charge in [-0.1, -0.05) is 37.3 Å². The van der Waals surface area contributed by atoms with E-state index in [2.05, 4.69) is 35.3 Å². The Hall–Kier alpha value is -1.74. The van der Waals surface area contributed by atoms with Crippen LogP contribution in [-0.2, 0) is 27.9 Å². The number of nitrogens with one attached hydrogen (secondary N) is 1. The first-order valence-corrected chi connectivity index (χ1v) is 13.9. The Morgan fingerprint density at radius 1 is 1.06 bits per heavy atom. The maximum atomic E-state index is 12.9. The smallest absolute Gasteiger partial charge is 0.252 e. The van der Waals surface area contributed by atoms with Gasteiger partial charge in [-0.15, -0.1) is 11.3 Å². The summed E-state index contributed by atoms with van der Waals surface area (Å²) in [5, 5.41) is 4.85. The van der Waals surface area contributed by atoms with Crippen molar-refractivity contribution in [2.75, 3.05) is 26.2 Å². The van der Waals surface area contributed by atoms with Crippen molar-refractivity contribution in [1.82, 2.24) is 14.5 Å². The Bertz CT molecular complexity index is 999. The summed E-state index contributed by atoms with van der Waals surface area (Å²) < 4.78 is 27.5. The van der Waals surface area contributed by atoms with Crippen LogP contribution in [0.2, 0.25) is 0 Å². The first-order valence-electron chi connectivity index (χ1n) is 11.5. The lowest BCUT2D eigenvalue weighted by Gasteiger charge is -2.31. The summed E-state index contributed by atoms with van der Waals surface area (Å²) >= 11 is 1.22. The number of benzene rings is 1. The lowest BCUT2D eigenvalue weighted by Crippen LogP contribution is -2.45. The van der Waals surface area contributed by atoms with E-state index in [1.54, 1.807) is 17.5 Å². The van der Waals surface area contributed by atoms with Crippen LogP contribution < -0.4 is 5.32 Å². The first-order chi connectivity index (χ1) is 15.4. The van der Waals surface area contributed by atoms with E-state index in [4.69, 9.17) is 0 Å². The van der Waals surface area contributed by atoms with Gasteiger partial charge < -0.3 is 5.32 Å². The highest BCUT2D eigenvalue weighted by molar-refractivity contribution is 7.91. The van der Waals surface area contributed by atoms with Gasteiger partial charge in [0.2, 0.25) is 5.91 Å². The van der Waals surface area contributed by atoms with Crippen molar-refractivity contribution in [2.45, 2.75) is 49.9 Å². The zero-order valence-electron chi connectivity index (χ0n) is 18.7. The number of thiophene rings is 1. The summed E-state index contributed by atoms with van der Waals surface area (Å²) in [5.41, 5.74) is 2.39. The van der Waals surface area contributed by atoms with Crippen LogP contribution in [0.5, 0.6) is 0 Å². The lowest BCUT2D eigenvalue weighted by atomic mass is 9.97. The summed E-state index contributed by atoms with van der Waals surface area (Å²) in [4.78, 5) is 15.4. The second-order valence-electron chi connectivity index (χ2n) is 9.08. The summed E-state index contributed by atoms with van der Waals surface area (Å²) in [5.74, 6) is 0.436. The third-order valence-corrected chi connectivity index (χ3v) is 9.92. The maximum absolute atomic E-state index is 12.9. The molecule has 1 aromatic heterocycles. The molecule has 1 N–H and O–H groups in total. The van der Waals surface area contributed by atoms with Crippen LogP contribution in [0.1, 0.15) is 43.7 Å². The molecule has 0 bridgehead atoms. The molecule has 1 aromatic carbocycles. The second kappa shape index (κ2) is 10.5. The fraction of sp³-hybridized carbons (Fsp3) is 0.542. The third-order valence-electron chi connectivity index (χ3n) is 6.69. The average Bonchev–Trinajstić information content (AvgIpc) is 3.36. The van der Waals surface area contributed by atoms with E-state index in [0.717, 1.165) is 37.5 Å². The molecule has 32 heavy (non-hydrogen) atoms. The molecule has 8 heteroatoms. The fourth-order valence-corrected chi connectivity index (χ4v) is 7.25. The molecule has 0 aliphatic carbocycles. The third kappa shape index (κ3) is 5.60. The number of nitrogens with zero attached hydrogens (tertiary/aromatic N) is 2. The van der Waals surface area contributed by atoms with Crippen molar-refractivity contribution in [1.29, 1.82) is 0 Å². The molecule has 0 spiro atoms. The van der Waals surface area contributed by atoms with Crippen LogP contribution in [0.4, 0.5) is 0 Å². The van der Waals surface area contributed by atoms with Crippen LogP contribution in [0.15, 0.2) is 46.0 Å². The van der Waals surface area contributed by atoms with E-state index >= 15 is 0 Å². The largest absolute Gasteiger partial charge is 0.352 e. The zero-order valence-corrected chi connectivity index (χ0v) is 20.3. The van der Waals surface area contributed by atoms with Crippen LogP contribution in [0.25, 0.3) is 0 Å². The molecule has 6 nitrogen and oxygen atoms in total. The molecule has 174 valence electrons. The molecule has 2 fully saturated rings. The van der Waals surface area contributed by atoms with E-state index in [9.17, 15) is 13.2 Å². The number of rotatable bonds is 7. The van der Waals surface area contributed by atoms with Gasteiger partial charge in [-0.2, -0.15) is 4.31 Å². The van der Waals surface area contributed by atoms with Crippen LogP contribution in [-0.4, -0.2) is 49.7 Å². The molecular weight excluding hydrogens is 442 g/mol. The number of sulfonamides is 1. The van der Waals surface area contributed by atoms with Gasteiger partial charge in [0.1, 0.15) is 4.21 Å². The van der Waals surface area contributed by atoms with Gasteiger partial charge in [0.25, 0.3) is 10.0 Å². The van der Waals surface area contributed by atoms with E-state index in [0.29, 0.717) is 23.7 Å².